The summed E-state index contributed by atoms with van der Waals surface area (Å²) in [7, 11) is 0. The molecule has 2 saturated heterocycles. The van der Waals surface area contributed by atoms with Crippen LogP contribution in [0.15, 0.2) is 36.4 Å². The van der Waals surface area contributed by atoms with Gasteiger partial charge in [0.05, 0.1) is 11.2 Å². The Labute approximate surface area is 120 Å². The first-order valence-electron chi connectivity index (χ1n) is 7.61. The van der Waals surface area contributed by atoms with E-state index in [9.17, 15) is 0 Å². The van der Waals surface area contributed by atoms with Crippen molar-refractivity contribution in [2.75, 3.05) is 26.2 Å². The maximum absolute atomic E-state index is 4.80. The zero-order chi connectivity index (χ0) is 13.4. The molecule has 2 aliphatic rings. The van der Waals surface area contributed by atoms with Crippen LogP contribution in [0.2, 0.25) is 0 Å². The van der Waals surface area contributed by atoms with Gasteiger partial charge in [-0.1, -0.05) is 24.3 Å². The van der Waals surface area contributed by atoms with Gasteiger partial charge in [-0.3, -0.25) is 9.88 Å². The van der Waals surface area contributed by atoms with E-state index in [0.29, 0.717) is 5.41 Å². The average Bonchev–Trinajstić information content (AvgIpc) is 3.09. The van der Waals surface area contributed by atoms with E-state index in [1.165, 1.54) is 50.1 Å². The number of nitrogens with zero attached hydrogens (tertiary/aromatic N) is 2. The maximum Gasteiger partial charge on any atom is 0.0705 e. The number of fused-ring (bicyclic) bond motifs is 1. The molecule has 3 heterocycles. The van der Waals surface area contributed by atoms with Crippen LogP contribution in [0.1, 0.15) is 18.5 Å². The summed E-state index contributed by atoms with van der Waals surface area (Å²) in [5, 5.41) is 4.75. The quantitative estimate of drug-likeness (QED) is 0.905. The van der Waals surface area contributed by atoms with Crippen LogP contribution in [0.3, 0.4) is 0 Å². The van der Waals surface area contributed by atoms with Gasteiger partial charge in [-0.15, -0.1) is 0 Å². The number of nitrogens with one attached hydrogen (secondary N) is 1. The molecule has 0 bridgehead atoms. The fourth-order valence-electron chi connectivity index (χ4n) is 3.73. The monoisotopic (exact) mass is 267 g/mol. The van der Waals surface area contributed by atoms with Crippen molar-refractivity contribution in [3.63, 3.8) is 0 Å². The summed E-state index contributed by atoms with van der Waals surface area (Å²) in [6.07, 6.45) is 2.68. The van der Waals surface area contributed by atoms with Gasteiger partial charge in [-0.05, 0) is 43.5 Å². The van der Waals surface area contributed by atoms with Crippen LogP contribution < -0.4 is 5.32 Å². The van der Waals surface area contributed by atoms with Crippen LogP contribution in [-0.2, 0) is 6.54 Å². The first kappa shape index (κ1) is 12.3. The number of hydrogen-bond donors (Lipinski definition) is 1. The van der Waals surface area contributed by atoms with E-state index >= 15 is 0 Å². The standard InChI is InChI=1S/C17H21N3/c1-2-4-16-14(3-1)5-6-15(19-16)11-20-10-8-17(13-20)7-9-18-12-17/h1-6,18H,7-13H2. The molecule has 1 aromatic carbocycles. The lowest BCUT2D eigenvalue weighted by Crippen LogP contribution is -2.29. The molecular weight excluding hydrogens is 246 g/mol. The largest absolute Gasteiger partial charge is 0.316 e. The highest BCUT2D eigenvalue weighted by atomic mass is 15.2. The Balaban J connectivity index is 1.50. The van der Waals surface area contributed by atoms with Gasteiger partial charge in [0.25, 0.3) is 0 Å². The molecule has 1 N–H and O–H groups in total. The first-order chi connectivity index (χ1) is 9.83. The van der Waals surface area contributed by atoms with Crippen LogP contribution in [0.5, 0.6) is 0 Å². The van der Waals surface area contributed by atoms with Crippen molar-refractivity contribution in [2.45, 2.75) is 19.4 Å². The molecule has 0 saturated carbocycles. The molecule has 1 spiro atoms. The Morgan fingerprint density at radius 1 is 1.15 bits per heavy atom. The van der Waals surface area contributed by atoms with E-state index in [4.69, 9.17) is 4.98 Å². The van der Waals surface area contributed by atoms with E-state index < -0.39 is 0 Å². The Hall–Kier alpha value is -1.45. The van der Waals surface area contributed by atoms with Gasteiger partial charge in [0.1, 0.15) is 0 Å². The lowest BCUT2D eigenvalue weighted by Gasteiger charge is -2.22. The molecular formula is C17H21N3. The predicted molar refractivity (Wildman–Crippen MR) is 81.6 cm³/mol. The van der Waals surface area contributed by atoms with Gasteiger partial charge in [0.15, 0.2) is 0 Å². The molecule has 4 rings (SSSR count). The van der Waals surface area contributed by atoms with E-state index in [1.807, 2.05) is 0 Å². The third-order valence-corrected chi connectivity index (χ3v) is 4.89. The molecule has 104 valence electrons. The van der Waals surface area contributed by atoms with Crippen molar-refractivity contribution in [1.29, 1.82) is 0 Å². The number of aromatic nitrogens is 1. The van der Waals surface area contributed by atoms with Crippen molar-refractivity contribution in [1.82, 2.24) is 15.2 Å². The summed E-state index contributed by atoms with van der Waals surface area (Å²) in [6.45, 7) is 5.84. The van der Waals surface area contributed by atoms with E-state index in [1.54, 1.807) is 0 Å². The van der Waals surface area contributed by atoms with E-state index in [-0.39, 0.29) is 0 Å². The van der Waals surface area contributed by atoms with E-state index in [2.05, 4.69) is 46.6 Å². The van der Waals surface area contributed by atoms with Gasteiger partial charge < -0.3 is 5.32 Å². The SMILES string of the molecule is c1ccc2nc(CN3CCC4(CCNC4)C3)ccc2c1. The summed E-state index contributed by atoms with van der Waals surface area (Å²) < 4.78 is 0. The van der Waals surface area contributed by atoms with Gasteiger partial charge >= 0.3 is 0 Å². The molecule has 3 heteroatoms. The molecule has 1 aromatic heterocycles. The van der Waals surface area contributed by atoms with Crippen molar-refractivity contribution in [3.05, 3.63) is 42.1 Å². The topological polar surface area (TPSA) is 28.2 Å². The van der Waals surface area contributed by atoms with Crippen molar-refractivity contribution in [3.8, 4) is 0 Å². The highest BCUT2D eigenvalue weighted by molar-refractivity contribution is 5.78. The molecule has 2 aliphatic heterocycles. The zero-order valence-electron chi connectivity index (χ0n) is 11.8. The van der Waals surface area contributed by atoms with Crippen LogP contribution in [0.25, 0.3) is 10.9 Å². The minimum absolute atomic E-state index is 0.552. The summed E-state index contributed by atoms with van der Waals surface area (Å²) in [4.78, 5) is 7.37. The Morgan fingerprint density at radius 3 is 3.00 bits per heavy atom. The van der Waals surface area contributed by atoms with Crippen molar-refractivity contribution >= 4 is 10.9 Å². The highest BCUT2D eigenvalue weighted by Crippen LogP contribution is 2.36. The number of para-hydroxylation sites is 1. The lowest BCUT2D eigenvalue weighted by atomic mass is 9.87. The molecule has 0 amide bonds. The Bertz CT molecular complexity index is 616. The summed E-state index contributed by atoms with van der Waals surface area (Å²) in [5.41, 5.74) is 2.87. The molecule has 2 aromatic rings. The Kier molecular flexibility index (Phi) is 2.97. The number of hydrogen-bond acceptors (Lipinski definition) is 3. The second-order valence-corrected chi connectivity index (χ2v) is 6.38. The second kappa shape index (κ2) is 4.83. The van der Waals surface area contributed by atoms with Gasteiger partial charge in [0.2, 0.25) is 0 Å². The third-order valence-electron chi connectivity index (χ3n) is 4.89. The summed E-state index contributed by atoms with van der Waals surface area (Å²) in [5.74, 6) is 0. The van der Waals surface area contributed by atoms with Crippen molar-refractivity contribution in [2.24, 2.45) is 5.41 Å². The molecule has 2 fully saturated rings. The average molecular weight is 267 g/mol. The number of pyridine rings is 1. The number of benzene rings is 1. The van der Waals surface area contributed by atoms with Gasteiger partial charge in [-0.25, -0.2) is 0 Å². The molecule has 1 unspecified atom stereocenters. The summed E-state index contributed by atoms with van der Waals surface area (Å²) >= 11 is 0. The molecule has 0 aliphatic carbocycles. The molecule has 20 heavy (non-hydrogen) atoms. The molecule has 1 atom stereocenters. The Morgan fingerprint density at radius 2 is 2.10 bits per heavy atom. The highest BCUT2D eigenvalue weighted by Gasteiger charge is 2.40. The first-order valence-corrected chi connectivity index (χ1v) is 7.61. The lowest BCUT2D eigenvalue weighted by molar-refractivity contribution is 0.266. The van der Waals surface area contributed by atoms with Crippen LogP contribution >= 0.6 is 0 Å². The van der Waals surface area contributed by atoms with Crippen LogP contribution in [0.4, 0.5) is 0 Å². The smallest absolute Gasteiger partial charge is 0.0705 e. The fourth-order valence-corrected chi connectivity index (χ4v) is 3.73. The molecule has 3 nitrogen and oxygen atoms in total. The van der Waals surface area contributed by atoms with Crippen LogP contribution in [0, 0.1) is 5.41 Å². The normalized spacial score (nSPS) is 26.8. The second-order valence-electron chi connectivity index (χ2n) is 6.38. The zero-order valence-corrected chi connectivity index (χ0v) is 11.8. The number of rotatable bonds is 2. The van der Waals surface area contributed by atoms with Crippen molar-refractivity contribution < 1.29 is 0 Å². The molecule has 0 radical (unpaired) electrons. The van der Waals surface area contributed by atoms with E-state index in [0.717, 1.165) is 12.1 Å². The van der Waals surface area contributed by atoms with Gasteiger partial charge in [-0.2, -0.15) is 0 Å². The maximum atomic E-state index is 4.80. The number of likely N-dealkylation sites (tertiary alicyclic amines) is 1. The summed E-state index contributed by atoms with van der Waals surface area (Å²) in [6, 6.07) is 12.7. The third kappa shape index (κ3) is 2.21. The minimum atomic E-state index is 0.552. The van der Waals surface area contributed by atoms with Gasteiger partial charge in [0, 0.05) is 25.0 Å². The minimum Gasteiger partial charge on any atom is -0.316 e. The fraction of sp³-hybridized carbons (Fsp3) is 0.471. The predicted octanol–water partition coefficient (Wildman–Crippen LogP) is 2.42. The van der Waals surface area contributed by atoms with Crippen LogP contribution in [-0.4, -0.2) is 36.1 Å².